The van der Waals surface area contributed by atoms with E-state index in [1.807, 2.05) is 12.3 Å². The van der Waals surface area contributed by atoms with Crippen LogP contribution in [0.4, 0.5) is 5.95 Å². The molecule has 0 atom stereocenters. The van der Waals surface area contributed by atoms with Crippen molar-refractivity contribution in [3.63, 3.8) is 0 Å². The molecule has 0 radical (unpaired) electrons. The summed E-state index contributed by atoms with van der Waals surface area (Å²) in [6.07, 6.45) is 6.12. The number of rotatable bonds is 2. The molecule has 0 bridgehead atoms. The van der Waals surface area contributed by atoms with E-state index in [0.717, 1.165) is 63.0 Å². The average molecular weight is 260 g/mol. The fourth-order valence-electron chi connectivity index (χ4n) is 2.38. The molecule has 1 fully saturated rings. The van der Waals surface area contributed by atoms with Gasteiger partial charge in [0, 0.05) is 32.4 Å². The normalized spacial score (nSPS) is 20.9. The summed E-state index contributed by atoms with van der Waals surface area (Å²) in [6, 6.07) is 1.93. The van der Waals surface area contributed by atoms with Crippen LogP contribution in [0.25, 0.3) is 5.76 Å². The first-order chi connectivity index (χ1) is 9.33. The van der Waals surface area contributed by atoms with Crippen molar-refractivity contribution in [3.05, 3.63) is 24.0 Å². The van der Waals surface area contributed by atoms with Crippen LogP contribution in [0.15, 0.2) is 18.3 Å². The Balaban J connectivity index is 1.78. The van der Waals surface area contributed by atoms with Gasteiger partial charge < -0.3 is 14.5 Å². The summed E-state index contributed by atoms with van der Waals surface area (Å²) in [4.78, 5) is 13.6. The summed E-state index contributed by atoms with van der Waals surface area (Å²) in [5.74, 6) is 1.73. The van der Waals surface area contributed by atoms with Crippen LogP contribution in [-0.4, -0.2) is 54.7 Å². The number of aromatic nitrogens is 2. The minimum absolute atomic E-state index is 0.791. The summed E-state index contributed by atoms with van der Waals surface area (Å²) in [7, 11) is 2.15. The summed E-state index contributed by atoms with van der Waals surface area (Å²) in [5, 5.41) is 0. The van der Waals surface area contributed by atoms with Gasteiger partial charge in [0.25, 0.3) is 0 Å². The number of piperazine rings is 1. The molecule has 0 spiro atoms. The molecule has 0 N–H and O–H groups in total. The first-order valence-electron chi connectivity index (χ1n) is 6.93. The van der Waals surface area contributed by atoms with Crippen molar-refractivity contribution in [2.45, 2.75) is 12.8 Å². The minimum Gasteiger partial charge on any atom is -0.492 e. The lowest BCUT2D eigenvalue weighted by atomic mass is 10.2. The van der Waals surface area contributed by atoms with Crippen LogP contribution < -0.4 is 4.90 Å². The Labute approximate surface area is 113 Å². The topological polar surface area (TPSA) is 41.5 Å². The molecule has 5 heteroatoms. The van der Waals surface area contributed by atoms with E-state index in [1.165, 1.54) is 0 Å². The zero-order chi connectivity index (χ0) is 13.1. The quantitative estimate of drug-likeness (QED) is 0.803. The first kappa shape index (κ1) is 12.4. The smallest absolute Gasteiger partial charge is 0.226 e. The van der Waals surface area contributed by atoms with E-state index in [4.69, 9.17) is 4.74 Å². The van der Waals surface area contributed by atoms with Crippen molar-refractivity contribution in [1.29, 1.82) is 0 Å². The number of allylic oxidation sites excluding steroid dienone is 1. The highest BCUT2D eigenvalue weighted by Crippen LogP contribution is 2.21. The summed E-state index contributed by atoms with van der Waals surface area (Å²) in [5.41, 5.74) is 0.906. The van der Waals surface area contributed by atoms with E-state index in [2.05, 4.69) is 32.9 Å². The van der Waals surface area contributed by atoms with Crippen LogP contribution in [-0.2, 0) is 4.74 Å². The SMILES string of the molecule is CN1CCN(c2nccc(C3=CCCCO3)n2)CC1. The van der Waals surface area contributed by atoms with E-state index in [1.54, 1.807) is 0 Å². The van der Waals surface area contributed by atoms with Crippen LogP contribution >= 0.6 is 0 Å². The van der Waals surface area contributed by atoms with E-state index in [-0.39, 0.29) is 0 Å². The van der Waals surface area contributed by atoms with Crippen molar-refractivity contribution in [1.82, 2.24) is 14.9 Å². The predicted molar refractivity (Wildman–Crippen MR) is 74.9 cm³/mol. The second kappa shape index (κ2) is 5.57. The molecule has 1 aromatic rings. The van der Waals surface area contributed by atoms with Crippen molar-refractivity contribution in [2.75, 3.05) is 44.7 Å². The molecular formula is C14H20N4O. The molecule has 1 saturated heterocycles. The van der Waals surface area contributed by atoms with Gasteiger partial charge in [-0.15, -0.1) is 0 Å². The first-order valence-corrected chi connectivity index (χ1v) is 6.93. The largest absolute Gasteiger partial charge is 0.492 e. The van der Waals surface area contributed by atoms with Gasteiger partial charge in [0.1, 0.15) is 11.5 Å². The van der Waals surface area contributed by atoms with Gasteiger partial charge in [-0.25, -0.2) is 9.97 Å². The highest BCUT2D eigenvalue weighted by Gasteiger charge is 2.17. The van der Waals surface area contributed by atoms with Gasteiger partial charge in [-0.1, -0.05) is 0 Å². The maximum absolute atomic E-state index is 5.67. The van der Waals surface area contributed by atoms with Gasteiger partial charge in [0.2, 0.25) is 5.95 Å². The second-order valence-corrected chi connectivity index (χ2v) is 5.09. The fraction of sp³-hybridized carbons (Fsp3) is 0.571. The van der Waals surface area contributed by atoms with Crippen LogP contribution in [0.3, 0.4) is 0 Å². The molecule has 3 heterocycles. The van der Waals surface area contributed by atoms with Crippen LogP contribution in [0.5, 0.6) is 0 Å². The highest BCUT2D eigenvalue weighted by atomic mass is 16.5. The Morgan fingerprint density at radius 2 is 2.05 bits per heavy atom. The van der Waals surface area contributed by atoms with E-state index < -0.39 is 0 Å². The monoisotopic (exact) mass is 260 g/mol. The molecule has 19 heavy (non-hydrogen) atoms. The summed E-state index contributed by atoms with van der Waals surface area (Å²) in [6.45, 7) is 4.89. The van der Waals surface area contributed by atoms with E-state index >= 15 is 0 Å². The Hall–Kier alpha value is -1.62. The number of anilines is 1. The molecule has 0 aromatic carbocycles. The average Bonchev–Trinajstić information content (AvgIpc) is 2.49. The molecule has 0 saturated carbocycles. The van der Waals surface area contributed by atoms with Crippen LogP contribution in [0.2, 0.25) is 0 Å². The highest BCUT2D eigenvalue weighted by molar-refractivity contribution is 5.57. The molecule has 0 aliphatic carbocycles. The number of hydrogen-bond donors (Lipinski definition) is 0. The van der Waals surface area contributed by atoms with Crippen molar-refractivity contribution >= 4 is 11.7 Å². The molecule has 0 unspecified atom stereocenters. The third kappa shape index (κ3) is 2.87. The lowest BCUT2D eigenvalue weighted by Crippen LogP contribution is -2.45. The number of nitrogens with zero attached hydrogens (tertiary/aromatic N) is 4. The van der Waals surface area contributed by atoms with Gasteiger partial charge in [-0.2, -0.15) is 0 Å². The van der Waals surface area contributed by atoms with Crippen molar-refractivity contribution in [3.8, 4) is 0 Å². The van der Waals surface area contributed by atoms with Crippen molar-refractivity contribution < 1.29 is 4.74 Å². The van der Waals surface area contributed by atoms with E-state index in [0.29, 0.717) is 0 Å². The predicted octanol–water partition coefficient (Wildman–Crippen LogP) is 1.38. The molecular weight excluding hydrogens is 240 g/mol. The molecule has 0 amide bonds. The van der Waals surface area contributed by atoms with Gasteiger partial charge in [-0.05, 0) is 32.0 Å². The van der Waals surface area contributed by atoms with Crippen LogP contribution in [0, 0.1) is 0 Å². The van der Waals surface area contributed by atoms with E-state index in [9.17, 15) is 0 Å². The molecule has 5 nitrogen and oxygen atoms in total. The standard InChI is InChI=1S/C14H20N4O/c1-17-7-9-18(10-8-17)14-15-6-5-12(16-14)13-4-2-3-11-19-13/h4-6H,2-3,7-11H2,1H3. The minimum atomic E-state index is 0.791. The molecule has 3 rings (SSSR count). The maximum Gasteiger partial charge on any atom is 0.226 e. The summed E-state index contributed by atoms with van der Waals surface area (Å²) >= 11 is 0. The number of ether oxygens (including phenoxy) is 1. The molecule has 2 aliphatic rings. The molecule has 1 aromatic heterocycles. The Bertz CT molecular complexity index is 466. The van der Waals surface area contributed by atoms with Gasteiger partial charge in [0.15, 0.2) is 0 Å². The Morgan fingerprint density at radius 3 is 2.79 bits per heavy atom. The third-order valence-corrected chi connectivity index (χ3v) is 3.62. The lowest BCUT2D eigenvalue weighted by molar-refractivity contribution is 0.257. The second-order valence-electron chi connectivity index (χ2n) is 5.09. The van der Waals surface area contributed by atoms with Gasteiger partial charge in [0.05, 0.1) is 6.61 Å². The summed E-state index contributed by atoms with van der Waals surface area (Å²) < 4.78 is 5.67. The molecule has 2 aliphatic heterocycles. The maximum atomic E-state index is 5.67. The van der Waals surface area contributed by atoms with Gasteiger partial charge >= 0.3 is 0 Å². The van der Waals surface area contributed by atoms with Crippen molar-refractivity contribution in [2.24, 2.45) is 0 Å². The fourth-order valence-corrected chi connectivity index (χ4v) is 2.38. The lowest BCUT2D eigenvalue weighted by Gasteiger charge is -2.32. The Morgan fingerprint density at radius 1 is 1.21 bits per heavy atom. The number of hydrogen-bond acceptors (Lipinski definition) is 5. The molecule has 102 valence electrons. The zero-order valence-corrected chi connectivity index (χ0v) is 11.4. The zero-order valence-electron chi connectivity index (χ0n) is 11.4. The third-order valence-electron chi connectivity index (χ3n) is 3.62. The van der Waals surface area contributed by atoms with Crippen LogP contribution in [0.1, 0.15) is 18.5 Å². The Kier molecular flexibility index (Phi) is 3.64. The van der Waals surface area contributed by atoms with Gasteiger partial charge in [-0.3, -0.25) is 0 Å². The number of likely N-dealkylation sites (N-methyl/N-ethyl adjacent to an activating group) is 1.